The molecule has 10 heteroatoms. The Morgan fingerprint density at radius 2 is 1.58 bits per heavy atom. The van der Waals surface area contributed by atoms with Crippen LogP contribution in [0.2, 0.25) is 0 Å². The van der Waals surface area contributed by atoms with Gasteiger partial charge in [0.25, 0.3) is 0 Å². The normalized spacial score (nSPS) is 26.1. The van der Waals surface area contributed by atoms with Crippen molar-refractivity contribution < 1.29 is 44.5 Å². The third kappa shape index (κ3) is 3.66. The number of aliphatic hydroxyl groups excluding tert-OH is 3. The Balaban J connectivity index is 1.90. The molecule has 0 saturated carbocycles. The highest BCUT2D eigenvalue weighted by atomic mass is 16.7. The molecule has 6 N–H and O–H groups in total. The number of phenolic OH excluding ortho intramolecular Hbond substituents is 3. The van der Waals surface area contributed by atoms with E-state index in [0.717, 1.165) is 12.1 Å². The van der Waals surface area contributed by atoms with Gasteiger partial charge in [0.15, 0.2) is 5.76 Å². The lowest BCUT2D eigenvalue weighted by Gasteiger charge is -2.38. The Hall–Kier alpha value is -3.31. The van der Waals surface area contributed by atoms with Crippen LogP contribution in [0.1, 0.15) is 6.92 Å². The van der Waals surface area contributed by atoms with Crippen LogP contribution in [-0.4, -0.2) is 61.3 Å². The molecule has 0 bridgehead atoms. The number of hydrogen-bond acceptors (Lipinski definition) is 10. The standard InChI is InChI=1S/C21H20O10/c1-8-15(25)17(27)18(28)21(29-8)31-20-16(26)14-12(24)6-11(23)7-13(14)30-19(20)9-2-4-10(22)5-3-9/h2-8,15,17-18,21-25,27-28H,1H3/t8-,15-,17+,18+,21-/m1/s1. The molecule has 4 rings (SSSR count). The lowest BCUT2D eigenvalue weighted by atomic mass is 10.00. The highest BCUT2D eigenvalue weighted by molar-refractivity contribution is 5.88. The van der Waals surface area contributed by atoms with Gasteiger partial charge in [0, 0.05) is 17.7 Å². The van der Waals surface area contributed by atoms with Gasteiger partial charge in [-0.3, -0.25) is 4.79 Å². The van der Waals surface area contributed by atoms with Crippen LogP contribution in [0.5, 0.6) is 23.0 Å². The minimum Gasteiger partial charge on any atom is -0.508 e. The quantitative estimate of drug-likeness (QED) is 0.348. The smallest absolute Gasteiger partial charge is 0.239 e. The summed E-state index contributed by atoms with van der Waals surface area (Å²) < 4.78 is 16.8. The topological polar surface area (TPSA) is 170 Å². The van der Waals surface area contributed by atoms with Crippen molar-refractivity contribution in [2.45, 2.75) is 37.6 Å². The largest absolute Gasteiger partial charge is 0.508 e. The van der Waals surface area contributed by atoms with Gasteiger partial charge in [0.2, 0.25) is 17.5 Å². The molecular formula is C21H20O10. The number of phenols is 3. The van der Waals surface area contributed by atoms with Crippen molar-refractivity contribution in [3.63, 3.8) is 0 Å². The molecule has 31 heavy (non-hydrogen) atoms. The van der Waals surface area contributed by atoms with E-state index < -0.39 is 47.6 Å². The number of benzene rings is 2. The Morgan fingerprint density at radius 1 is 0.903 bits per heavy atom. The van der Waals surface area contributed by atoms with Crippen LogP contribution in [0.4, 0.5) is 0 Å². The third-order valence-corrected chi connectivity index (χ3v) is 5.09. The molecule has 5 atom stereocenters. The van der Waals surface area contributed by atoms with Crippen molar-refractivity contribution in [1.82, 2.24) is 0 Å². The number of rotatable bonds is 3. The zero-order valence-corrected chi connectivity index (χ0v) is 16.2. The van der Waals surface area contributed by atoms with Crippen molar-refractivity contribution in [2.75, 3.05) is 0 Å². The van der Waals surface area contributed by atoms with Crippen molar-refractivity contribution in [3.8, 4) is 34.3 Å². The molecule has 1 saturated heterocycles. The van der Waals surface area contributed by atoms with Gasteiger partial charge < -0.3 is 44.5 Å². The molecule has 0 unspecified atom stereocenters. The predicted molar refractivity (Wildman–Crippen MR) is 106 cm³/mol. The van der Waals surface area contributed by atoms with E-state index in [1.54, 1.807) is 0 Å². The predicted octanol–water partition coefficient (Wildman–Crippen LogP) is 0.783. The fourth-order valence-corrected chi connectivity index (χ4v) is 3.41. The van der Waals surface area contributed by atoms with Crippen LogP contribution in [0.15, 0.2) is 45.6 Å². The minimum atomic E-state index is -1.69. The lowest BCUT2D eigenvalue weighted by Crippen LogP contribution is -2.58. The molecular weight excluding hydrogens is 412 g/mol. The maximum atomic E-state index is 13.2. The molecule has 2 heterocycles. The van der Waals surface area contributed by atoms with Crippen LogP contribution in [0, 0.1) is 0 Å². The van der Waals surface area contributed by atoms with Crippen LogP contribution in [0.25, 0.3) is 22.3 Å². The minimum absolute atomic E-state index is 0.0402. The summed E-state index contributed by atoms with van der Waals surface area (Å²) in [5.74, 6) is -1.51. The highest BCUT2D eigenvalue weighted by Gasteiger charge is 2.44. The fourth-order valence-electron chi connectivity index (χ4n) is 3.41. The summed E-state index contributed by atoms with van der Waals surface area (Å²) in [6.07, 6.45) is -7.11. The first-order valence-electron chi connectivity index (χ1n) is 9.36. The molecule has 3 aromatic rings. The molecule has 1 aromatic heterocycles. The Labute approximate surface area is 174 Å². The van der Waals surface area contributed by atoms with Crippen molar-refractivity contribution in [2.24, 2.45) is 0 Å². The van der Waals surface area contributed by atoms with Crippen molar-refractivity contribution in [1.29, 1.82) is 0 Å². The molecule has 0 spiro atoms. The monoisotopic (exact) mass is 432 g/mol. The van der Waals surface area contributed by atoms with E-state index >= 15 is 0 Å². The van der Waals surface area contributed by atoms with E-state index in [9.17, 15) is 35.4 Å². The fraction of sp³-hybridized carbons (Fsp3) is 0.286. The van der Waals surface area contributed by atoms with Crippen LogP contribution >= 0.6 is 0 Å². The van der Waals surface area contributed by atoms with E-state index in [4.69, 9.17) is 13.9 Å². The van der Waals surface area contributed by atoms with Gasteiger partial charge in [-0.25, -0.2) is 0 Å². The summed E-state index contributed by atoms with van der Waals surface area (Å²) >= 11 is 0. The van der Waals surface area contributed by atoms with E-state index in [1.165, 1.54) is 31.2 Å². The van der Waals surface area contributed by atoms with Gasteiger partial charge in [0.1, 0.15) is 46.5 Å². The summed E-state index contributed by atoms with van der Waals surface area (Å²) in [5.41, 5.74) is -0.661. The second-order valence-electron chi connectivity index (χ2n) is 7.27. The van der Waals surface area contributed by atoms with Gasteiger partial charge in [-0.1, -0.05) is 0 Å². The van der Waals surface area contributed by atoms with Gasteiger partial charge in [-0.15, -0.1) is 0 Å². The van der Waals surface area contributed by atoms with E-state index in [2.05, 4.69) is 0 Å². The summed E-state index contributed by atoms with van der Waals surface area (Å²) in [6.45, 7) is 1.45. The number of aromatic hydroxyl groups is 3. The molecule has 1 fully saturated rings. The van der Waals surface area contributed by atoms with Crippen LogP contribution < -0.4 is 10.2 Å². The Bertz CT molecular complexity index is 1170. The SMILES string of the molecule is C[C@H]1O[C@H](Oc2c(-c3ccc(O)cc3)oc3cc(O)cc(O)c3c2=O)[C@@H](O)[C@@H](O)[C@@H]1O. The second-order valence-corrected chi connectivity index (χ2v) is 7.27. The van der Waals surface area contributed by atoms with E-state index in [-0.39, 0.29) is 28.2 Å². The van der Waals surface area contributed by atoms with Gasteiger partial charge in [0.05, 0.1) is 6.10 Å². The number of hydrogen-bond donors (Lipinski definition) is 6. The van der Waals surface area contributed by atoms with Gasteiger partial charge >= 0.3 is 0 Å². The first-order chi connectivity index (χ1) is 14.7. The Morgan fingerprint density at radius 3 is 2.26 bits per heavy atom. The molecule has 1 aliphatic heterocycles. The average molecular weight is 432 g/mol. The van der Waals surface area contributed by atoms with E-state index in [1.807, 2.05) is 0 Å². The van der Waals surface area contributed by atoms with Gasteiger partial charge in [-0.2, -0.15) is 0 Å². The second kappa shape index (κ2) is 7.75. The summed E-state index contributed by atoms with van der Waals surface area (Å²) in [7, 11) is 0. The van der Waals surface area contributed by atoms with Crippen LogP contribution in [0.3, 0.4) is 0 Å². The summed E-state index contributed by atoms with van der Waals surface area (Å²) in [6, 6.07) is 7.66. The van der Waals surface area contributed by atoms with Crippen LogP contribution in [-0.2, 0) is 4.74 Å². The molecule has 0 amide bonds. The maximum Gasteiger partial charge on any atom is 0.239 e. The molecule has 164 valence electrons. The average Bonchev–Trinajstić information content (AvgIpc) is 2.72. The van der Waals surface area contributed by atoms with Crippen molar-refractivity contribution in [3.05, 3.63) is 46.6 Å². The summed E-state index contributed by atoms with van der Waals surface area (Å²) in [4.78, 5) is 13.2. The number of ether oxygens (including phenoxy) is 2. The number of fused-ring (bicyclic) bond motifs is 1. The van der Waals surface area contributed by atoms with E-state index in [0.29, 0.717) is 5.56 Å². The first kappa shape index (κ1) is 20.9. The maximum absolute atomic E-state index is 13.2. The molecule has 2 aromatic carbocycles. The molecule has 0 radical (unpaired) electrons. The lowest BCUT2D eigenvalue weighted by molar-refractivity contribution is -0.268. The highest BCUT2D eigenvalue weighted by Crippen LogP contribution is 2.37. The molecule has 1 aliphatic rings. The summed E-state index contributed by atoms with van der Waals surface area (Å²) in [5, 5.41) is 59.4. The zero-order valence-electron chi connectivity index (χ0n) is 16.2. The Kier molecular flexibility index (Phi) is 5.23. The van der Waals surface area contributed by atoms with Crippen molar-refractivity contribution >= 4 is 11.0 Å². The first-order valence-corrected chi connectivity index (χ1v) is 9.36. The molecule has 10 nitrogen and oxygen atoms in total. The number of aliphatic hydroxyl groups is 3. The van der Waals surface area contributed by atoms with Gasteiger partial charge in [-0.05, 0) is 31.2 Å². The molecule has 0 aliphatic carbocycles. The zero-order chi connectivity index (χ0) is 22.4. The third-order valence-electron chi connectivity index (χ3n) is 5.09.